The van der Waals surface area contributed by atoms with Gasteiger partial charge in [-0.1, -0.05) is 11.8 Å². The Labute approximate surface area is 164 Å². The minimum atomic E-state index is -4.38. The van der Waals surface area contributed by atoms with Crippen molar-refractivity contribution < 1.29 is 22.6 Å². The number of pyridine rings is 1. The maximum absolute atomic E-state index is 12.8. The highest BCUT2D eigenvalue weighted by Gasteiger charge is 2.30. The molecule has 1 aromatic carbocycles. The molecule has 0 aliphatic heterocycles. The molecule has 5 nitrogen and oxygen atoms in total. The third-order valence-electron chi connectivity index (χ3n) is 4.09. The van der Waals surface area contributed by atoms with Gasteiger partial charge >= 0.3 is 6.18 Å². The minimum absolute atomic E-state index is 0.352. The highest BCUT2D eigenvalue weighted by Crippen LogP contribution is 2.32. The molecule has 0 spiro atoms. The number of hydrogen-bond acceptors (Lipinski definition) is 5. The summed E-state index contributed by atoms with van der Waals surface area (Å²) in [5.74, 6) is 1.18. The molecule has 0 amide bonds. The van der Waals surface area contributed by atoms with Crippen molar-refractivity contribution in [3.05, 3.63) is 47.3 Å². The summed E-state index contributed by atoms with van der Waals surface area (Å²) < 4.78 is 49.7. The topological polar surface area (TPSA) is 60.0 Å². The van der Waals surface area contributed by atoms with Gasteiger partial charge in [0.15, 0.2) is 11.4 Å². The summed E-state index contributed by atoms with van der Waals surface area (Å²) in [4.78, 5) is 11.6. The lowest BCUT2D eigenvalue weighted by Gasteiger charge is -2.17. The van der Waals surface area contributed by atoms with E-state index < -0.39 is 11.7 Å². The molecule has 0 radical (unpaired) electrons. The van der Waals surface area contributed by atoms with Gasteiger partial charge in [0.1, 0.15) is 5.75 Å². The average Bonchev–Trinajstić information content (AvgIpc) is 3.04. The van der Waals surface area contributed by atoms with Crippen molar-refractivity contribution in [1.29, 1.82) is 0 Å². The zero-order chi connectivity index (χ0) is 20.3. The van der Waals surface area contributed by atoms with Gasteiger partial charge in [0.05, 0.1) is 22.3 Å². The number of hydrogen-bond donors (Lipinski definition) is 1. The van der Waals surface area contributed by atoms with Crippen LogP contribution in [0.5, 0.6) is 5.75 Å². The largest absolute Gasteiger partial charge is 0.465 e. The average molecular weight is 411 g/mol. The summed E-state index contributed by atoms with van der Waals surface area (Å²) in [6, 6.07) is 5.24. The maximum atomic E-state index is 12.8. The van der Waals surface area contributed by atoms with E-state index in [1.54, 1.807) is 12.3 Å². The highest BCUT2D eigenvalue weighted by atomic mass is 32.2. The molecule has 2 heterocycles. The predicted molar refractivity (Wildman–Crippen MR) is 101 cm³/mol. The van der Waals surface area contributed by atoms with Gasteiger partial charge in [-0.3, -0.25) is 4.98 Å². The molecule has 0 fully saturated rings. The summed E-state index contributed by atoms with van der Waals surface area (Å²) in [5, 5.41) is 0.532. The SMILES string of the molecule is CCOC(C)Oc1ccnc(CSc2nc3ccc(C(F)(F)F)cc3[nH]2)c1C. The number of nitrogens with zero attached hydrogens (tertiary/aromatic N) is 2. The summed E-state index contributed by atoms with van der Waals surface area (Å²) in [7, 11) is 0. The second-order valence-corrected chi connectivity index (χ2v) is 7.05. The normalized spacial score (nSPS) is 13.1. The molecule has 0 saturated carbocycles. The van der Waals surface area contributed by atoms with Crippen LogP contribution in [0.2, 0.25) is 0 Å². The molecular formula is C19H20F3N3O2S. The lowest BCUT2D eigenvalue weighted by molar-refractivity contribution is -0.137. The number of fused-ring (bicyclic) bond motifs is 1. The van der Waals surface area contributed by atoms with Crippen molar-refractivity contribution in [2.24, 2.45) is 0 Å². The van der Waals surface area contributed by atoms with Crippen molar-refractivity contribution in [2.75, 3.05) is 6.61 Å². The monoisotopic (exact) mass is 411 g/mol. The van der Waals surface area contributed by atoms with Crippen LogP contribution in [0.1, 0.15) is 30.7 Å². The Morgan fingerprint density at radius 3 is 2.75 bits per heavy atom. The number of nitrogens with one attached hydrogen (secondary N) is 1. The van der Waals surface area contributed by atoms with E-state index in [0.29, 0.717) is 34.3 Å². The van der Waals surface area contributed by atoms with Crippen LogP contribution in [0.4, 0.5) is 13.2 Å². The van der Waals surface area contributed by atoms with Gasteiger partial charge in [-0.05, 0) is 45.0 Å². The fourth-order valence-electron chi connectivity index (χ4n) is 2.65. The number of imidazole rings is 1. The van der Waals surface area contributed by atoms with Crippen molar-refractivity contribution in [3.63, 3.8) is 0 Å². The van der Waals surface area contributed by atoms with E-state index in [4.69, 9.17) is 9.47 Å². The standard InChI is InChI=1S/C19H20F3N3O2S/c1-4-26-12(3)27-17-7-8-23-16(11(17)2)10-28-18-24-14-6-5-13(19(20,21)22)9-15(14)25-18/h5-9,12H,4,10H2,1-3H3,(H,24,25). The Kier molecular flexibility index (Phi) is 6.14. The number of ether oxygens (including phenoxy) is 2. The predicted octanol–water partition coefficient (Wildman–Crippen LogP) is 5.34. The second kappa shape index (κ2) is 8.40. The first kappa shape index (κ1) is 20.5. The Hall–Kier alpha value is -2.26. The van der Waals surface area contributed by atoms with Crippen molar-refractivity contribution in [3.8, 4) is 5.75 Å². The number of rotatable bonds is 7. The van der Waals surface area contributed by atoms with Crippen molar-refractivity contribution >= 4 is 22.8 Å². The van der Waals surface area contributed by atoms with Gasteiger partial charge in [-0.25, -0.2) is 4.98 Å². The molecule has 3 aromatic rings. The van der Waals surface area contributed by atoms with E-state index in [1.165, 1.54) is 17.8 Å². The van der Waals surface area contributed by atoms with Gasteiger partial charge in [0.25, 0.3) is 0 Å². The number of H-pyrrole nitrogens is 1. The van der Waals surface area contributed by atoms with Crippen LogP contribution in [0.25, 0.3) is 11.0 Å². The zero-order valence-corrected chi connectivity index (χ0v) is 16.4. The smallest absolute Gasteiger partial charge is 0.416 e. The van der Waals surface area contributed by atoms with Crippen LogP contribution in [-0.2, 0) is 16.7 Å². The van der Waals surface area contributed by atoms with E-state index in [1.807, 2.05) is 20.8 Å². The van der Waals surface area contributed by atoms with E-state index in [-0.39, 0.29) is 6.29 Å². The van der Waals surface area contributed by atoms with Crippen LogP contribution in [0.3, 0.4) is 0 Å². The summed E-state index contributed by atoms with van der Waals surface area (Å²) in [6.45, 7) is 6.18. The lowest BCUT2D eigenvalue weighted by Crippen LogP contribution is -2.16. The Morgan fingerprint density at radius 1 is 1.25 bits per heavy atom. The fourth-order valence-corrected chi connectivity index (χ4v) is 3.56. The molecule has 0 aliphatic rings. The first-order chi connectivity index (χ1) is 13.3. The third kappa shape index (κ3) is 4.77. The molecule has 0 bridgehead atoms. The molecule has 0 aliphatic carbocycles. The Bertz CT molecular complexity index is 959. The molecule has 9 heteroatoms. The van der Waals surface area contributed by atoms with Gasteiger partial charge in [-0.15, -0.1) is 0 Å². The Morgan fingerprint density at radius 2 is 2.04 bits per heavy atom. The molecule has 0 saturated heterocycles. The van der Waals surface area contributed by atoms with Gasteiger partial charge in [0.2, 0.25) is 0 Å². The quantitative estimate of drug-likeness (QED) is 0.420. The molecule has 2 aromatic heterocycles. The summed E-state index contributed by atoms with van der Waals surface area (Å²) in [6.07, 6.45) is -3.09. The molecule has 28 heavy (non-hydrogen) atoms. The second-order valence-electron chi connectivity index (χ2n) is 6.08. The number of halogens is 3. The van der Waals surface area contributed by atoms with Gasteiger partial charge in [0, 0.05) is 24.1 Å². The van der Waals surface area contributed by atoms with Crippen LogP contribution < -0.4 is 4.74 Å². The number of benzene rings is 1. The molecule has 1 unspecified atom stereocenters. The molecule has 150 valence electrons. The van der Waals surface area contributed by atoms with Gasteiger partial charge < -0.3 is 14.5 Å². The third-order valence-corrected chi connectivity index (χ3v) is 4.97. The Balaban J connectivity index is 1.73. The maximum Gasteiger partial charge on any atom is 0.416 e. The zero-order valence-electron chi connectivity index (χ0n) is 15.6. The number of alkyl halides is 3. The summed E-state index contributed by atoms with van der Waals surface area (Å²) in [5.41, 5.74) is 1.83. The first-order valence-corrected chi connectivity index (χ1v) is 9.69. The number of aromatic nitrogens is 3. The lowest BCUT2D eigenvalue weighted by atomic mass is 10.2. The van der Waals surface area contributed by atoms with E-state index in [2.05, 4.69) is 15.0 Å². The summed E-state index contributed by atoms with van der Waals surface area (Å²) >= 11 is 1.37. The number of thioether (sulfide) groups is 1. The van der Waals surface area contributed by atoms with E-state index in [9.17, 15) is 13.2 Å². The number of aromatic amines is 1. The van der Waals surface area contributed by atoms with Crippen LogP contribution in [0, 0.1) is 6.92 Å². The molecule has 1 atom stereocenters. The van der Waals surface area contributed by atoms with Crippen LogP contribution in [0.15, 0.2) is 35.6 Å². The molecule has 3 rings (SSSR count). The van der Waals surface area contributed by atoms with Crippen LogP contribution >= 0.6 is 11.8 Å². The molecular weight excluding hydrogens is 391 g/mol. The fraction of sp³-hybridized carbons (Fsp3) is 0.368. The van der Waals surface area contributed by atoms with Gasteiger partial charge in [-0.2, -0.15) is 13.2 Å². The minimum Gasteiger partial charge on any atom is -0.465 e. The highest BCUT2D eigenvalue weighted by molar-refractivity contribution is 7.98. The molecule has 1 N–H and O–H groups in total. The van der Waals surface area contributed by atoms with E-state index >= 15 is 0 Å². The van der Waals surface area contributed by atoms with Crippen LogP contribution in [-0.4, -0.2) is 27.8 Å². The van der Waals surface area contributed by atoms with E-state index in [0.717, 1.165) is 23.4 Å². The van der Waals surface area contributed by atoms with Crippen molar-refractivity contribution in [2.45, 2.75) is 44.1 Å². The first-order valence-electron chi connectivity index (χ1n) is 8.70. The van der Waals surface area contributed by atoms with Crippen molar-refractivity contribution in [1.82, 2.24) is 15.0 Å².